The maximum atomic E-state index is 13.5. The number of ketones is 1. The number of hydrogen-bond acceptors (Lipinski definition) is 11. The van der Waals surface area contributed by atoms with Crippen LogP contribution in [0.3, 0.4) is 0 Å². The third kappa shape index (κ3) is 4.66. The maximum absolute atomic E-state index is 13.5. The molecule has 2 aliphatic rings. The van der Waals surface area contributed by atoms with E-state index in [9.17, 15) is 24.3 Å². The number of methoxy groups -OCH3 is 1. The largest absolute Gasteiger partial charge is 0.507 e. The van der Waals surface area contributed by atoms with Crippen molar-refractivity contribution >= 4 is 45.9 Å². The Morgan fingerprint density at radius 3 is 2.40 bits per heavy atom. The van der Waals surface area contributed by atoms with Gasteiger partial charge in [-0.2, -0.15) is 0 Å². The lowest BCUT2D eigenvalue weighted by atomic mass is 9.94. The fourth-order valence-corrected chi connectivity index (χ4v) is 5.47. The zero-order valence-electron chi connectivity index (χ0n) is 21.8. The Kier molecular flexibility index (Phi) is 7.26. The third-order valence-electron chi connectivity index (χ3n) is 6.36. The van der Waals surface area contributed by atoms with Crippen molar-refractivity contribution in [2.75, 3.05) is 31.8 Å². The van der Waals surface area contributed by atoms with Crippen LogP contribution in [0.2, 0.25) is 0 Å². The van der Waals surface area contributed by atoms with Gasteiger partial charge in [0.25, 0.3) is 5.78 Å². The molecule has 0 saturated carbocycles. The predicted molar refractivity (Wildman–Crippen MR) is 143 cm³/mol. The summed E-state index contributed by atoms with van der Waals surface area (Å²) in [7, 11) is 1.25. The standard InChI is InChI=1S/C28H24N2O9S/c1-4-37-27(35)24-14(2)29-28(40-24)30-21(15-5-7-16(8-6-15)26(34)36-3)20(23(32)25(30)33)22(31)17-9-10-18-19(13-17)39-12-11-38-18/h5-10,13,21,31H,4,11-12H2,1-3H3/b22-20-. The molecule has 1 N–H and O–H groups in total. The molecule has 0 aliphatic carbocycles. The number of aromatic nitrogens is 1. The molecular formula is C28H24N2O9S. The Hall–Kier alpha value is -4.71. The Morgan fingerprint density at radius 2 is 1.73 bits per heavy atom. The summed E-state index contributed by atoms with van der Waals surface area (Å²) < 4.78 is 21.0. The average Bonchev–Trinajstić information content (AvgIpc) is 3.48. The number of aliphatic hydroxyl groups is 1. The lowest BCUT2D eigenvalue weighted by Gasteiger charge is -2.23. The summed E-state index contributed by atoms with van der Waals surface area (Å²) in [6.07, 6.45) is 0. The zero-order valence-corrected chi connectivity index (χ0v) is 22.6. The van der Waals surface area contributed by atoms with E-state index in [-0.39, 0.29) is 33.3 Å². The molecule has 11 nitrogen and oxygen atoms in total. The Bertz CT molecular complexity index is 1560. The molecule has 3 aromatic rings. The first-order chi connectivity index (χ1) is 19.2. The van der Waals surface area contributed by atoms with Crippen LogP contribution in [0.15, 0.2) is 48.0 Å². The number of fused-ring (bicyclic) bond motifs is 1. The van der Waals surface area contributed by atoms with Gasteiger partial charge in [0.2, 0.25) is 0 Å². The third-order valence-corrected chi connectivity index (χ3v) is 7.50. The number of hydrogen-bond donors (Lipinski definition) is 1. The van der Waals surface area contributed by atoms with Crippen molar-refractivity contribution < 1.29 is 43.2 Å². The van der Waals surface area contributed by atoms with E-state index in [0.717, 1.165) is 16.2 Å². The first kappa shape index (κ1) is 26.9. The van der Waals surface area contributed by atoms with Gasteiger partial charge >= 0.3 is 17.8 Å². The average molecular weight is 565 g/mol. The van der Waals surface area contributed by atoms with Crippen LogP contribution in [-0.4, -0.2) is 60.6 Å². The van der Waals surface area contributed by atoms with Crippen LogP contribution in [0.4, 0.5) is 5.13 Å². The number of aryl methyl sites for hydroxylation is 1. The molecule has 2 aliphatic heterocycles. The highest BCUT2D eigenvalue weighted by molar-refractivity contribution is 7.17. The van der Waals surface area contributed by atoms with Crippen LogP contribution >= 0.6 is 11.3 Å². The van der Waals surface area contributed by atoms with E-state index in [4.69, 9.17) is 18.9 Å². The number of nitrogens with zero attached hydrogens (tertiary/aromatic N) is 2. The molecule has 1 unspecified atom stereocenters. The monoisotopic (exact) mass is 564 g/mol. The molecule has 5 rings (SSSR count). The number of carbonyl (C=O) groups is 4. The van der Waals surface area contributed by atoms with Gasteiger partial charge in [-0.05, 0) is 49.7 Å². The first-order valence-electron chi connectivity index (χ1n) is 12.3. The number of Topliss-reactive ketones (excluding diaryl/α,β-unsaturated/α-hetero) is 1. The van der Waals surface area contributed by atoms with Crippen molar-refractivity contribution in [1.82, 2.24) is 4.98 Å². The SMILES string of the molecule is CCOC(=O)c1sc(N2C(=O)C(=O)/C(=C(\O)c3ccc4c(c3)OCCO4)C2c2ccc(C(=O)OC)cc2)nc1C. The van der Waals surface area contributed by atoms with Crippen LogP contribution in [0, 0.1) is 6.92 Å². The molecule has 1 atom stereocenters. The molecule has 1 aromatic heterocycles. The quantitative estimate of drug-likeness (QED) is 0.203. The molecule has 1 amide bonds. The fourth-order valence-electron chi connectivity index (χ4n) is 4.48. The normalized spacial score (nSPS) is 17.6. The topological polar surface area (TPSA) is 142 Å². The number of anilines is 1. The highest BCUT2D eigenvalue weighted by Gasteiger charge is 2.48. The molecule has 206 valence electrons. The molecule has 1 fully saturated rings. The van der Waals surface area contributed by atoms with E-state index in [1.54, 1.807) is 38.1 Å². The van der Waals surface area contributed by atoms with Gasteiger partial charge in [0.1, 0.15) is 23.9 Å². The maximum Gasteiger partial charge on any atom is 0.350 e. The van der Waals surface area contributed by atoms with Crippen LogP contribution < -0.4 is 14.4 Å². The van der Waals surface area contributed by atoms with Gasteiger partial charge in [0.05, 0.1) is 36.6 Å². The van der Waals surface area contributed by atoms with Crippen molar-refractivity contribution in [3.05, 3.63) is 75.3 Å². The van der Waals surface area contributed by atoms with Gasteiger partial charge in [-0.15, -0.1) is 0 Å². The summed E-state index contributed by atoms with van der Waals surface area (Å²) in [6, 6.07) is 9.65. The summed E-state index contributed by atoms with van der Waals surface area (Å²) in [5, 5.41) is 11.5. The Morgan fingerprint density at radius 1 is 1.05 bits per heavy atom. The van der Waals surface area contributed by atoms with Crippen LogP contribution in [0.5, 0.6) is 11.5 Å². The molecule has 3 heterocycles. The molecule has 40 heavy (non-hydrogen) atoms. The van der Waals surface area contributed by atoms with E-state index in [0.29, 0.717) is 36.0 Å². The van der Waals surface area contributed by atoms with E-state index < -0.39 is 35.4 Å². The number of aliphatic hydroxyl groups excluding tert-OH is 1. The molecule has 12 heteroatoms. The van der Waals surface area contributed by atoms with Crippen LogP contribution in [0.25, 0.3) is 5.76 Å². The summed E-state index contributed by atoms with van der Waals surface area (Å²) in [5.41, 5.74) is 1.03. The smallest absolute Gasteiger partial charge is 0.350 e. The lowest BCUT2D eigenvalue weighted by molar-refractivity contribution is -0.132. The van der Waals surface area contributed by atoms with Crippen molar-refractivity contribution in [3.63, 3.8) is 0 Å². The van der Waals surface area contributed by atoms with Crippen molar-refractivity contribution in [3.8, 4) is 11.5 Å². The highest BCUT2D eigenvalue weighted by Crippen LogP contribution is 2.44. The van der Waals surface area contributed by atoms with Crippen molar-refractivity contribution in [2.24, 2.45) is 0 Å². The minimum atomic E-state index is -1.12. The van der Waals surface area contributed by atoms with Gasteiger partial charge in [0, 0.05) is 5.56 Å². The van der Waals surface area contributed by atoms with Gasteiger partial charge in [0.15, 0.2) is 16.6 Å². The molecule has 0 radical (unpaired) electrons. The van der Waals surface area contributed by atoms with E-state index in [1.807, 2.05) is 0 Å². The number of rotatable bonds is 6. The molecular weight excluding hydrogens is 540 g/mol. The van der Waals surface area contributed by atoms with Gasteiger partial charge in [-0.3, -0.25) is 14.5 Å². The lowest BCUT2D eigenvalue weighted by Crippen LogP contribution is -2.29. The molecule has 0 bridgehead atoms. The first-order valence-corrected chi connectivity index (χ1v) is 13.1. The summed E-state index contributed by atoms with van der Waals surface area (Å²) >= 11 is 0.901. The number of benzene rings is 2. The number of thiazole rings is 1. The minimum absolute atomic E-state index is 0.0749. The van der Waals surface area contributed by atoms with E-state index in [1.165, 1.54) is 25.3 Å². The second kappa shape index (κ2) is 10.8. The number of esters is 2. The van der Waals surface area contributed by atoms with Crippen molar-refractivity contribution in [2.45, 2.75) is 19.9 Å². The molecule has 1 saturated heterocycles. The van der Waals surface area contributed by atoms with Gasteiger partial charge < -0.3 is 24.1 Å². The second-order valence-corrected chi connectivity index (χ2v) is 9.75. The summed E-state index contributed by atoms with van der Waals surface area (Å²) in [5.74, 6) is -2.60. The van der Waals surface area contributed by atoms with Crippen LogP contribution in [-0.2, 0) is 19.1 Å². The number of carbonyl (C=O) groups excluding carboxylic acids is 4. The van der Waals surface area contributed by atoms with Crippen LogP contribution in [0.1, 0.15) is 49.8 Å². The Balaban J connectivity index is 1.66. The van der Waals surface area contributed by atoms with E-state index >= 15 is 0 Å². The Labute approximate surface area is 232 Å². The molecule has 2 aromatic carbocycles. The molecule has 0 spiro atoms. The summed E-state index contributed by atoms with van der Waals surface area (Å²) in [6.45, 7) is 4.12. The van der Waals surface area contributed by atoms with Crippen molar-refractivity contribution in [1.29, 1.82) is 0 Å². The highest BCUT2D eigenvalue weighted by atomic mass is 32.1. The number of amides is 1. The predicted octanol–water partition coefficient (Wildman–Crippen LogP) is 3.81. The minimum Gasteiger partial charge on any atom is -0.507 e. The number of ether oxygens (including phenoxy) is 4. The van der Waals surface area contributed by atoms with Gasteiger partial charge in [-0.1, -0.05) is 23.5 Å². The van der Waals surface area contributed by atoms with E-state index in [2.05, 4.69) is 4.98 Å². The zero-order chi connectivity index (χ0) is 28.6. The second-order valence-electron chi connectivity index (χ2n) is 8.77. The fraction of sp³-hybridized carbons (Fsp3) is 0.250. The van der Waals surface area contributed by atoms with Gasteiger partial charge in [-0.25, -0.2) is 14.6 Å². The summed E-state index contributed by atoms with van der Waals surface area (Å²) in [4.78, 5) is 57.1.